The first-order valence-corrected chi connectivity index (χ1v) is 4.92. The van der Waals surface area contributed by atoms with Gasteiger partial charge in [-0.15, -0.1) is 10.2 Å². The first kappa shape index (κ1) is 12.6. The predicted molar refractivity (Wildman–Crippen MR) is 54.3 cm³/mol. The monoisotopic (exact) mass is 279 g/mol. The molecule has 0 atom stereocenters. The molecule has 0 aliphatic rings. The van der Waals surface area contributed by atoms with Gasteiger partial charge in [-0.2, -0.15) is 13.2 Å². The molecule has 5 nitrogen and oxygen atoms in total. The van der Waals surface area contributed by atoms with Crippen LogP contribution in [0.25, 0.3) is 5.65 Å². The van der Waals surface area contributed by atoms with Crippen LogP contribution in [0.4, 0.5) is 13.2 Å². The number of methoxy groups -OCH3 is 1. The number of rotatable bonds is 1. The van der Waals surface area contributed by atoms with Gasteiger partial charge in [0.05, 0.1) is 17.7 Å². The van der Waals surface area contributed by atoms with E-state index in [4.69, 9.17) is 11.6 Å². The summed E-state index contributed by atoms with van der Waals surface area (Å²) in [5, 5.41) is 6.20. The van der Waals surface area contributed by atoms with Gasteiger partial charge >= 0.3 is 12.1 Å². The van der Waals surface area contributed by atoms with Crippen LogP contribution in [0.15, 0.2) is 12.3 Å². The zero-order valence-electron chi connectivity index (χ0n) is 8.82. The van der Waals surface area contributed by atoms with E-state index < -0.39 is 18.0 Å². The summed E-state index contributed by atoms with van der Waals surface area (Å²) in [6.07, 6.45) is -3.77. The Balaban J connectivity index is 2.72. The summed E-state index contributed by atoms with van der Waals surface area (Å²) in [4.78, 5) is 11.3. The van der Waals surface area contributed by atoms with Gasteiger partial charge in [0.25, 0.3) is 0 Å². The maximum atomic E-state index is 12.6. The maximum Gasteiger partial charge on any atom is 0.452 e. The minimum Gasteiger partial charge on any atom is -0.465 e. The lowest BCUT2D eigenvalue weighted by molar-refractivity contribution is -0.145. The van der Waals surface area contributed by atoms with Crippen molar-refractivity contribution in [3.8, 4) is 0 Å². The number of esters is 1. The summed E-state index contributed by atoms with van der Waals surface area (Å²) in [7, 11) is 1.11. The van der Waals surface area contributed by atoms with Crippen LogP contribution in [0.3, 0.4) is 0 Å². The van der Waals surface area contributed by atoms with Crippen molar-refractivity contribution in [3.63, 3.8) is 0 Å². The molecule has 2 rings (SSSR count). The highest BCUT2D eigenvalue weighted by molar-refractivity contribution is 6.33. The normalized spacial score (nSPS) is 11.8. The third-order valence-electron chi connectivity index (χ3n) is 2.13. The number of fused-ring (bicyclic) bond motifs is 1. The molecule has 0 radical (unpaired) electrons. The molecule has 9 heteroatoms. The molecule has 0 saturated carbocycles. The number of ether oxygens (including phenoxy) is 1. The van der Waals surface area contributed by atoms with E-state index in [1.165, 1.54) is 0 Å². The molecular formula is C9H5ClF3N3O2. The highest BCUT2D eigenvalue weighted by atomic mass is 35.5. The standard InChI is InChI=1S/C9H5ClF3N3O2/c1-18-7(17)4-2-5(10)6-14-15-8(9(11,12)13)16(6)3-4/h2-3H,1H3. The van der Waals surface area contributed by atoms with Gasteiger partial charge in [0.2, 0.25) is 5.82 Å². The molecule has 0 bridgehead atoms. The van der Waals surface area contributed by atoms with Gasteiger partial charge in [-0.1, -0.05) is 11.6 Å². The van der Waals surface area contributed by atoms with Crippen LogP contribution in [0.1, 0.15) is 16.2 Å². The number of halogens is 4. The quantitative estimate of drug-likeness (QED) is 0.751. The Labute approximate surface area is 103 Å². The first-order chi connectivity index (χ1) is 8.34. The Morgan fingerprint density at radius 1 is 1.44 bits per heavy atom. The smallest absolute Gasteiger partial charge is 0.452 e. The van der Waals surface area contributed by atoms with Gasteiger partial charge in [0.1, 0.15) is 0 Å². The molecule has 96 valence electrons. The van der Waals surface area contributed by atoms with Crippen LogP contribution in [0.5, 0.6) is 0 Å². The molecule has 0 saturated heterocycles. The van der Waals surface area contributed by atoms with Gasteiger partial charge < -0.3 is 4.74 Å². The molecule has 0 unspecified atom stereocenters. The number of aromatic nitrogens is 3. The fraction of sp³-hybridized carbons (Fsp3) is 0.222. The Morgan fingerprint density at radius 2 is 2.11 bits per heavy atom. The van der Waals surface area contributed by atoms with Gasteiger partial charge in [-0.3, -0.25) is 4.40 Å². The Kier molecular flexibility index (Phi) is 2.89. The summed E-state index contributed by atoms with van der Waals surface area (Å²) < 4.78 is 42.9. The van der Waals surface area contributed by atoms with Crippen molar-refractivity contribution < 1.29 is 22.7 Å². The number of alkyl halides is 3. The van der Waals surface area contributed by atoms with Gasteiger partial charge in [-0.05, 0) is 6.07 Å². The SMILES string of the molecule is COC(=O)c1cc(Cl)c2nnc(C(F)(F)F)n2c1. The lowest BCUT2D eigenvalue weighted by Gasteiger charge is -2.06. The minimum absolute atomic E-state index is 0.124. The Bertz CT molecular complexity index is 623. The van der Waals surface area contributed by atoms with E-state index in [1.807, 2.05) is 0 Å². The van der Waals surface area contributed by atoms with Gasteiger partial charge in [0.15, 0.2) is 5.65 Å². The fourth-order valence-electron chi connectivity index (χ4n) is 1.38. The molecule has 2 aromatic rings. The van der Waals surface area contributed by atoms with E-state index in [0.717, 1.165) is 19.4 Å². The highest BCUT2D eigenvalue weighted by Gasteiger charge is 2.37. The van der Waals surface area contributed by atoms with Crippen molar-refractivity contribution in [1.29, 1.82) is 0 Å². The van der Waals surface area contributed by atoms with E-state index in [1.54, 1.807) is 0 Å². The topological polar surface area (TPSA) is 56.5 Å². The van der Waals surface area contributed by atoms with Crippen molar-refractivity contribution in [2.24, 2.45) is 0 Å². The lowest BCUT2D eigenvalue weighted by Crippen LogP contribution is -2.12. The van der Waals surface area contributed by atoms with E-state index in [0.29, 0.717) is 4.40 Å². The molecule has 2 aromatic heterocycles. The second kappa shape index (κ2) is 4.13. The largest absolute Gasteiger partial charge is 0.465 e. The Hall–Kier alpha value is -1.83. The molecule has 0 spiro atoms. The summed E-state index contributed by atoms with van der Waals surface area (Å²) >= 11 is 5.73. The summed E-state index contributed by atoms with van der Waals surface area (Å²) in [6.45, 7) is 0. The van der Waals surface area contributed by atoms with Crippen molar-refractivity contribution in [2.45, 2.75) is 6.18 Å². The van der Waals surface area contributed by atoms with E-state index >= 15 is 0 Å². The molecule has 0 N–H and O–H groups in total. The zero-order valence-corrected chi connectivity index (χ0v) is 9.58. The van der Waals surface area contributed by atoms with Crippen LogP contribution in [0.2, 0.25) is 5.02 Å². The summed E-state index contributed by atoms with van der Waals surface area (Å²) in [5.74, 6) is -2.06. The first-order valence-electron chi connectivity index (χ1n) is 4.54. The average molecular weight is 280 g/mol. The van der Waals surface area contributed by atoms with Crippen LogP contribution < -0.4 is 0 Å². The number of carbonyl (C=O) groups is 1. The fourth-order valence-corrected chi connectivity index (χ4v) is 1.62. The van der Waals surface area contributed by atoms with Crippen molar-refractivity contribution in [1.82, 2.24) is 14.6 Å². The third-order valence-corrected chi connectivity index (χ3v) is 2.41. The molecule has 0 aliphatic heterocycles. The van der Waals surface area contributed by atoms with Crippen molar-refractivity contribution >= 4 is 23.2 Å². The number of nitrogens with zero attached hydrogens (tertiary/aromatic N) is 3. The number of hydrogen-bond donors (Lipinski definition) is 0. The molecule has 0 fully saturated rings. The van der Waals surface area contributed by atoms with Crippen LogP contribution >= 0.6 is 11.6 Å². The van der Waals surface area contributed by atoms with Crippen molar-refractivity contribution in [3.05, 3.63) is 28.7 Å². The zero-order chi connectivity index (χ0) is 13.5. The van der Waals surface area contributed by atoms with Gasteiger partial charge in [-0.25, -0.2) is 4.79 Å². The molecule has 18 heavy (non-hydrogen) atoms. The molecule has 0 aromatic carbocycles. The number of carbonyl (C=O) groups excluding carboxylic acids is 1. The number of hydrogen-bond acceptors (Lipinski definition) is 4. The van der Waals surface area contributed by atoms with E-state index in [-0.39, 0.29) is 16.2 Å². The Morgan fingerprint density at radius 3 is 2.67 bits per heavy atom. The highest BCUT2D eigenvalue weighted by Crippen LogP contribution is 2.30. The lowest BCUT2D eigenvalue weighted by atomic mass is 10.3. The maximum absolute atomic E-state index is 12.6. The minimum atomic E-state index is -4.70. The average Bonchev–Trinajstić information content (AvgIpc) is 2.71. The van der Waals surface area contributed by atoms with Crippen LogP contribution in [0, 0.1) is 0 Å². The second-order valence-corrected chi connectivity index (χ2v) is 3.69. The molecular weight excluding hydrogens is 275 g/mol. The third kappa shape index (κ3) is 1.99. The van der Waals surface area contributed by atoms with E-state index in [9.17, 15) is 18.0 Å². The van der Waals surface area contributed by atoms with E-state index in [2.05, 4.69) is 14.9 Å². The van der Waals surface area contributed by atoms with Crippen molar-refractivity contribution in [2.75, 3.05) is 7.11 Å². The predicted octanol–water partition coefficient (Wildman–Crippen LogP) is 2.19. The summed E-state index contributed by atoms with van der Waals surface area (Å²) in [5.41, 5.74) is -0.308. The van der Waals surface area contributed by atoms with Crippen LogP contribution in [-0.2, 0) is 10.9 Å². The van der Waals surface area contributed by atoms with Gasteiger partial charge in [0, 0.05) is 6.20 Å². The molecule has 2 heterocycles. The molecule has 0 amide bonds. The second-order valence-electron chi connectivity index (χ2n) is 3.28. The summed E-state index contributed by atoms with van der Waals surface area (Å²) in [6, 6.07) is 1.16. The van der Waals surface area contributed by atoms with Crippen LogP contribution in [-0.4, -0.2) is 27.7 Å². The molecule has 0 aliphatic carbocycles. The number of pyridine rings is 1.